The van der Waals surface area contributed by atoms with E-state index in [-0.39, 0.29) is 30.1 Å². The van der Waals surface area contributed by atoms with Gasteiger partial charge in [-0.25, -0.2) is 0 Å². The van der Waals surface area contributed by atoms with E-state index in [1.807, 2.05) is 24.3 Å². The van der Waals surface area contributed by atoms with Crippen LogP contribution in [-0.2, 0) is 16.1 Å². The van der Waals surface area contributed by atoms with Crippen LogP contribution in [-0.4, -0.2) is 18.9 Å². The molecule has 0 saturated heterocycles. The Bertz CT molecular complexity index is 987. The van der Waals surface area contributed by atoms with Gasteiger partial charge in [0.2, 0.25) is 5.91 Å². The molecule has 2 aromatic carbocycles. The molecule has 2 amide bonds. The van der Waals surface area contributed by atoms with Crippen molar-refractivity contribution < 1.29 is 18.7 Å². The van der Waals surface area contributed by atoms with Crippen molar-refractivity contribution in [1.29, 1.82) is 0 Å². The van der Waals surface area contributed by atoms with Crippen LogP contribution >= 0.6 is 0 Å². The summed E-state index contributed by atoms with van der Waals surface area (Å²) in [5.41, 5.74) is 2.70. The molecule has 6 nitrogen and oxygen atoms in total. The molecule has 1 aromatic heterocycles. The van der Waals surface area contributed by atoms with E-state index in [1.54, 1.807) is 31.4 Å². The van der Waals surface area contributed by atoms with Crippen LogP contribution in [0.1, 0.15) is 29.0 Å². The van der Waals surface area contributed by atoms with Crippen molar-refractivity contribution in [3.63, 3.8) is 0 Å². The Morgan fingerprint density at radius 3 is 2.37 bits per heavy atom. The smallest absolute Gasteiger partial charge is 0.291 e. The Kier molecular flexibility index (Phi) is 4.64. The molecule has 4 rings (SSSR count). The van der Waals surface area contributed by atoms with Crippen LogP contribution in [0.15, 0.2) is 52.9 Å². The van der Waals surface area contributed by atoms with Gasteiger partial charge in [0.25, 0.3) is 5.91 Å². The van der Waals surface area contributed by atoms with Gasteiger partial charge in [0, 0.05) is 35.4 Å². The molecule has 1 aliphatic rings. The van der Waals surface area contributed by atoms with Crippen molar-refractivity contribution in [2.24, 2.45) is 5.92 Å². The molecule has 1 fully saturated rings. The summed E-state index contributed by atoms with van der Waals surface area (Å²) in [5, 5.41) is 6.57. The van der Waals surface area contributed by atoms with Gasteiger partial charge in [-0.2, -0.15) is 0 Å². The average Bonchev–Trinajstić information content (AvgIpc) is 3.46. The number of carbonyl (C=O) groups is 2. The lowest BCUT2D eigenvalue weighted by Gasteiger charge is -2.07. The number of carbonyl (C=O) groups excluding carboxylic acids is 2. The van der Waals surface area contributed by atoms with Crippen LogP contribution in [0.3, 0.4) is 0 Å². The number of furan rings is 1. The topological polar surface area (TPSA) is 80.6 Å². The van der Waals surface area contributed by atoms with E-state index < -0.39 is 0 Å². The maximum absolute atomic E-state index is 12.7. The van der Waals surface area contributed by atoms with Gasteiger partial charge in [-0.05, 0) is 43.2 Å². The third kappa shape index (κ3) is 3.71. The van der Waals surface area contributed by atoms with E-state index >= 15 is 0 Å². The summed E-state index contributed by atoms with van der Waals surface area (Å²) >= 11 is 0. The number of benzene rings is 2. The zero-order valence-electron chi connectivity index (χ0n) is 15.0. The van der Waals surface area contributed by atoms with Gasteiger partial charge in [0.1, 0.15) is 5.58 Å². The number of rotatable bonds is 6. The Hall–Kier alpha value is -3.12. The fourth-order valence-corrected chi connectivity index (χ4v) is 2.98. The first kappa shape index (κ1) is 17.3. The van der Waals surface area contributed by atoms with Crippen LogP contribution in [0.2, 0.25) is 0 Å². The SMILES string of the molecule is COCc1c(C(=O)Nc2ccc(NC(=O)C3CC3)cc2)oc2ccccc12. The molecule has 27 heavy (non-hydrogen) atoms. The number of nitrogens with one attached hydrogen (secondary N) is 2. The largest absolute Gasteiger partial charge is 0.451 e. The van der Waals surface area contributed by atoms with Crippen LogP contribution in [0.4, 0.5) is 11.4 Å². The third-order valence-electron chi connectivity index (χ3n) is 4.55. The summed E-state index contributed by atoms with van der Waals surface area (Å²) < 4.78 is 11.0. The predicted molar refractivity (Wildman–Crippen MR) is 103 cm³/mol. The van der Waals surface area contributed by atoms with Crippen molar-refractivity contribution in [2.75, 3.05) is 17.7 Å². The average molecular weight is 364 g/mol. The van der Waals surface area contributed by atoms with Gasteiger partial charge in [-0.3, -0.25) is 9.59 Å². The fraction of sp³-hybridized carbons (Fsp3) is 0.238. The van der Waals surface area contributed by atoms with E-state index in [9.17, 15) is 9.59 Å². The lowest BCUT2D eigenvalue weighted by atomic mass is 10.1. The van der Waals surface area contributed by atoms with Gasteiger partial charge >= 0.3 is 0 Å². The van der Waals surface area contributed by atoms with Crippen LogP contribution in [0.5, 0.6) is 0 Å². The number of methoxy groups -OCH3 is 1. The van der Waals surface area contributed by atoms with Gasteiger partial charge in [-0.1, -0.05) is 18.2 Å². The lowest BCUT2D eigenvalue weighted by Crippen LogP contribution is -2.14. The van der Waals surface area contributed by atoms with E-state index in [2.05, 4.69) is 10.6 Å². The number of anilines is 2. The Morgan fingerprint density at radius 2 is 1.70 bits per heavy atom. The molecule has 0 radical (unpaired) electrons. The highest BCUT2D eigenvalue weighted by atomic mass is 16.5. The predicted octanol–water partition coefficient (Wildman–Crippen LogP) is 4.18. The Balaban J connectivity index is 1.51. The fourth-order valence-electron chi connectivity index (χ4n) is 2.98. The van der Waals surface area contributed by atoms with Crippen molar-refractivity contribution in [2.45, 2.75) is 19.4 Å². The number of amides is 2. The number of fused-ring (bicyclic) bond motifs is 1. The van der Waals surface area contributed by atoms with E-state index in [0.717, 1.165) is 23.8 Å². The summed E-state index contributed by atoms with van der Waals surface area (Å²) in [7, 11) is 1.58. The quantitative estimate of drug-likeness (QED) is 0.688. The van der Waals surface area contributed by atoms with E-state index in [4.69, 9.17) is 9.15 Å². The van der Waals surface area contributed by atoms with Crippen molar-refractivity contribution in [3.05, 3.63) is 59.9 Å². The zero-order chi connectivity index (χ0) is 18.8. The van der Waals surface area contributed by atoms with Gasteiger partial charge in [0.15, 0.2) is 5.76 Å². The first-order valence-corrected chi connectivity index (χ1v) is 8.87. The maximum atomic E-state index is 12.7. The van der Waals surface area contributed by atoms with Crippen molar-refractivity contribution in [1.82, 2.24) is 0 Å². The van der Waals surface area contributed by atoms with Crippen molar-refractivity contribution in [3.8, 4) is 0 Å². The first-order chi connectivity index (χ1) is 13.2. The normalized spacial score (nSPS) is 13.5. The second kappa shape index (κ2) is 7.25. The standard InChI is InChI=1S/C21H20N2O4/c1-26-12-17-16-4-2-3-5-18(16)27-19(17)21(25)23-15-10-8-14(9-11-15)22-20(24)13-6-7-13/h2-5,8-11,13H,6-7,12H2,1H3,(H,22,24)(H,23,25). The van der Waals surface area contributed by atoms with Gasteiger partial charge in [-0.15, -0.1) is 0 Å². The second-order valence-electron chi connectivity index (χ2n) is 6.63. The summed E-state index contributed by atoms with van der Waals surface area (Å²) in [6.45, 7) is 0.284. The molecule has 2 N–H and O–H groups in total. The molecule has 1 saturated carbocycles. The number of para-hydroxylation sites is 1. The Morgan fingerprint density at radius 1 is 1.04 bits per heavy atom. The lowest BCUT2D eigenvalue weighted by molar-refractivity contribution is -0.117. The number of hydrogen-bond acceptors (Lipinski definition) is 4. The second-order valence-corrected chi connectivity index (χ2v) is 6.63. The number of ether oxygens (including phenoxy) is 1. The van der Waals surface area contributed by atoms with E-state index in [1.165, 1.54) is 0 Å². The molecule has 0 aliphatic heterocycles. The number of hydrogen-bond donors (Lipinski definition) is 2. The molecular formula is C21H20N2O4. The summed E-state index contributed by atoms with van der Waals surface area (Å²) in [4.78, 5) is 24.5. The van der Waals surface area contributed by atoms with Crippen LogP contribution in [0, 0.1) is 5.92 Å². The zero-order valence-corrected chi connectivity index (χ0v) is 15.0. The molecule has 0 unspecified atom stereocenters. The molecule has 0 atom stereocenters. The van der Waals surface area contributed by atoms with Gasteiger partial charge in [0.05, 0.1) is 6.61 Å². The minimum atomic E-state index is -0.340. The molecule has 1 aliphatic carbocycles. The Labute approximate surface area is 156 Å². The highest BCUT2D eigenvalue weighted by Gasteiger charge is 2.29. The minimum Gasteiger partial charge on any atom is -0.451 e. The summed E-state index contributed by atoms with van der Waals surface area (Å²) in [5.74, 6) is 0.104. The van der Waals surface area contributed by atoms with Crippen LogP contribution in [0.25, 0.3) is 11.0 Å². The molecule has 0 bridgehead atoms. The molecular weight excluding hydrogens is 344 g/mol. The molecule has 6 heteroatoms. The monoisotopic (exact) mass is 364 g/mol. The summed E-state index contributed by atoms with van der Waals surface area (Å²) in [6, 6.07) is 14.5. The van der Waals surface area contributed by atoms with Gasteiger partial charge < -0.3 is 19.8 Å². The molecule has 3 aromatic rings. The molecule has 138 valence electrons. The highest BCUT2D eigenvalue weighted by Crippen LogP contribution is 2.30. The minimum absolute atomic E-state index is 0.0540. The first-order valence-electron chi connectivity index (χ1n) is 8.87. The molecule has 1 heterocycles. The van der Waals surface area contributed by atoms with Crippen molar-refractivity contribution >= 4 is 34.2 Å². The summed E-state index contributed by atoms with van der Waals surface area (Å²) in [6.07, 6.45) is 1.92. The highest BCUT2D eigenvalue weighted by molar-refractivity contribution is 6.06. The third-order valence-corrected chi connectivity index (χ3v) is 4.55. The maximum Gasteiger partial charge on any atom is 0.291 e. The molecule has 0 spiro atoms. The van der Waals surface area contributed by atoms with Crippen LogP contribution < -0.4 is 10.6 Å². The van der Waals surface area contributed by atoms with E-state index in [0.29, 0.717) is 17.0 Å².